The number of rotatable bonds is 8. The van der Waals surface area contributed by atoms with Crippen LogP contribution >= 0.6 is 0 Å². The molecular formula is C16H27NO2. The van der Waals surface area contributed by atoms with E-state index in [1.807, 2.05) is 6.07 Å². The second kappa shape index (κ2) is 8.05. The Hall–Kier alpha value is -1.22. The molecule has 1 rings (SSSR count). The van der Waals surface area contributed by atoms with Crippen LogP contribution < -0.4 is 14.8 Å². The summed E-state index contributed by atoms with van der Waals surface area (Å²) in [5.41, 5.74) is 1.25. The topological polar surface area (TPSA) is 30.5 Å². The summed E-state index contributed by atoms with van der Waals surface area (Å²) < 4.78 is 10.7. The van der Waals surface area contributed by atoms with Crippen LogP contribution in [0, 0.1) is 0 Å². The summed E-state index contributed by atoms with van der Waals surface area (Å²) in [6.45, 7) is 6.66. The zero-order valence-electron chi connectivity index (χ0n) is 12.8. The summed E-state index contributed by atoms with van der Waals surface area (Å²) in [6, 6.07) is 7.05. The average Bonchev–Trinajstić information content (AvgIpc) is 2.44. The lowest BCUT2D eigenvalue weighted by atomic mass is 10.0. The summed E-state index contributed by atoms with van der Waals surface area (Å²) >= 11 is 0. The Morgan fingerprint density at radius 3 is 2.32 bits per heavy atom. The average molecular weight is 265 g/mol. The molecule has 0 amide bonds. The van der Waals surface area contributed by atoms with Crippen LogP contribution in [0.3, 0.4) is 0 Å². The SMILES string of the molecule is CCCC(C)NC(CC)c1ccc(OC)c(OC)c1. The quantitative estimate of drug-likeness (QED) is 0.772. The Bertz CT molecular complexity index is 379. The van der Waals surface area contributed by atoms with Gasteiger partial charge >= 0.3 is 0 Å². The van der Waals surface area contributed by atoms with Crippen LogP contribution in [0.5, 0.6) is 11.5 Å². The van der Waals surface area contributed by atoms with Crippen molar-refractivity contribution in [2.75, 3.05) is 14.2 Å². The third-order valence-electron chi connectivity index (χ3n) is 3.43. The molecule has 0 aromatic heterocycles. The Morgan fingerprint density at radius 1 is 1.11 bits per heavy atom. The molecule has 1 aromatic rings. The third kappa shape index (κ3) is 4.43. The smallest absolute Gasteiger partial charge is 0.161 e. The summed E-state index contributed by atoms with van der Waals surface area (Å²) in [4.78, 5) is 0. The van der Waals surface area contributed by atoms with Crippen LogP contribution in [-0.2, 0) is 0 Å². The molecule has 0 aliphatic rings. The van der Waals surface area contributed by atoms with Crippen LogP contribution in [0.15, 0.2) is 18.2 Å². The van der Waals surface area contributed by atoms with E-state index in [9.17, 15) is 0 Å². The summed E-state index contributed by atoms with van der Waals surface area (Å²) in [5.74, 6) is 1.58. The van der Waals surface area contributed by atoms with Crippen LogP contribution in [0.4, 0.5) is 0 Å². The minimum Gasteiger partial charge on any atom is -0.493 e. The molecule has 2 atom stereocenters. The van der Waals surface area contributed by atoms with E-state index >= 15 is 0 Å². The predicted molar refractivity (Wildman–Crippen MR) is 80.1 cm³/mol. The molecule has 0 bridgehead atoms. The monoisotopic (exact) mass is 265 g/mol. The van der Waals surface area contributed by atoms with Crippen LogP contribution in [0.2, 0.25) is 0 Å². The van der Waals surface area contributed by atoms with Crippen molar-refractivity contribution in [3.63, 3.8) is 0 Å². The lowest BCUT2D eigenvalue weighted by Gasteiger charge is -2.23. The predicted octanol–water partition coefficient (Wildman–Crippen LogP) is 3.93. The maximum absolute atomic E-state index is 5.37. The van der Waals surface area contributed by atoms with Gasteiger partial charge in [0.1, 0.15) is 0 Å². The second-order valence-electron chi connectivity index (χ2n) is 4.93. The van der Waals surface area contributed by atoms with Gasteiger partial charge < -0.3 is 14.8 Å². The van der Waals surface area contributed by atoms with Gasteiger partial charge in [-0.25, -0.2) is 0 Å². The molecule has 2 unspecified atom stereocenters. The van der Waals surface area contributed by atoms with Gasteiger partial charge in [0.25, 0.3) is 0 Å². The van der Waals surface area contributed by atoms with E-state index in [0.717, 1.165) is 17.9 Å². The van der Waals surface area contributed by atoms with Crippen molar-refractivity contribution in [1.29, 1.82) is 0 Å². The molecule has 1 N–H and O–H groups in total. The van der Waals surface area contributed by atoms with Gasteiger partial charge in [-0.1, -0.05) is 26.3 Å². The van der Waals surface area contributed by atoms with E-state index in [0.29, 0.717) is 12.1 Å². The highest BCUT2D eigenvalue weighted by atomic mass is 16.5. The zero-order valence-corrected chi connectivity index (χ0v) is 12.8. The molecule has 0 spiro atoms. The molecule has 0 saturated carbocycles. The molecular weight excluding hydrogens is 238 g/mol. The molecule has 19 heavy (non-hydrogen) atoms. The van der Waals surface area contributed by atoms with Crippen molar-refractivity contribution in [2.45, 2.75) is 52.1 Å². The first kappa shape index (κ1) is 15.8. The molecule has 108 valence electrons. The van der Waals surface area contributed by atoms with Crippen molar-refractivity contribution < 1.29 is 9.47 Å². The fraction of sp³-hybridized carbons (Fsp3) is 0.625. The van der Waals surface area contributed by atoms with Gasteiger partial charge in [0, 0.05) is 12.1 Å². The Balaban J connectivity index is 2.86. The van der Waals surface area contributed by atoms with Gasteiger partial charge in [0.15, 0.2) is 11.5 Å². The molecule has 0 heterocycles. The molecule has 3 nitrogen and oxygen atoms in total. The first-order valence-corrected chi connectivity index (χ1v) is 7.14. The van der Waals surface area contributed by atoms with Crippen molar-refractivity contribution in [1.82, 2.24) is 5.32 Å². The van der Waals surface area contributed by atoms with E-state index < -0.39 is 0 Å². The normalized spacial score (nSPS) is 13.9. The van der Waals surface area contributed by atoms with E-state index in [-0.39, 0.29) is 0 Å². The molecule has 1 aromatic carbocycles. The maximum atomic E-state index is 5.37. The number of hydrogen-bond donors (Lipinski definition) is 1. The van der Waals surface area contributed by atoms with Gasteiger partial charge in [-0.15, -0.1) is 0 Å². The van der Waals surface area contributed by atoms with E-state index in [4.69, 9.17) is 9.47 Å². The highest BCUT2D eigenvalue weighted by Crippen LogP contribution is 2.31. The van der Waals surface area contributed by atoms with Gasteiger partial charge in [0.2, 0.25) is 0 Å². The number of benzene rings is 1. The van der Waals surface area contributed by atoms with Gasteiger partial charge in [-0.3, -0.25) is 0 Å². The van der Waals surface area contributed by atoms with Crippen molar-refractivity contribution in [3.8, 4) is 11.5 Å². The van der Waals surface area contributed by atoms with Crippen molar-refractivity contribution in [3.05, 3.63) is 23.8 Å². The second-order valence-corrected chi connectivity index (χ2v) is 4.93. The van der Waals surface area contributed by atoms with Crippen LogP contribution in [0.25, 0.3) is 0 Å². The van der Waals surface area contributed by atoms with E-state index in [1.54, 1.807) is 14.2 Å². The number of nitrogens with one attached hydrogen (secondary N) is 1. The molecule has 3 heteroatoms. The lowest BCUT2D eigenvalue weighted by Crippen LogP contribution is -2.30. The summed E-state index contributed by atoms with van der Waals surface area (Å²) in [6.07, 6.45) is 3.46. The van der Waals surface area contributed by atoms with E-state index in [2.05, 4.69) is 38.2 Å². The number of methoxy groups -OCH3 is 2. The lowest BCUT2D eigenvalue weighted by molar-refractivity contribution is 0.353. The summed E-state index contributed by atoms with van der Waals surface area (Å²) in [5, 5.41) is 3.68. The highest BCUT2D eigenvalue weighted by molar-refractivity contribution is 5.43. The van der Waals surface area contributed by atoms with Gasteiger partial charge in [0.05, 0.1) is 14.2 Å². The van der Waals surface area contributed by atoms with Crippen LogP contribution in [-0.4, -0.2) is 20.3 Å². The van der Waals surface area contributed by atoms with Gasteiger partial charge in [-0.2, -0.15) is 0 Å². The fourth-order valence-corrected chi connectivity index (χ4v) is 2.38. The molecule has 0 aliphatic heterocycles. The molecule has 0 radical (unpaired) electrons. The Kier molecular flexibility index (Phi) is 6.71. The Morgan fingerprint density at radius 2 is 1.79 bits per heavy atom. The number of hydrogen-bond acceptors (Lipinski definition) is 3. The fourth-order valence-electron chi connectivity index (χ4n) is 2.38. The zero-order chi connectivity index (χ0) is 14.3. The summed E-state index contributed by atoms with van der Waals surface area (Å²) in [7, 11) is 3.34. The van der Waals surface area contributed by atoms with E-state index in [1.165, 1.54) is 18.4 Å². The third-order valence-corrected chi connectivity index (χ3v) is 3.43. The van der Waals surface area contributed by atoms with Crippen molar-refractivity contribution >= 4 is 0 Å². The minimum absolute atomic E-state index is 0.362. The molecule has 0 aliphatic carbocycles. The van der Waals surface area contributed by atoms with Crippen LogP contribution in [0.1, 0.15) is 51.6 Å². The standard InChI is InChI=1S/C16H27NO2/c1-6-8-12(3)17-14(7-2)13-9-10-15(18-4)16(11-13)19-5/h9-12,14,17H,6-8H2,1-5H3. The molecule has 0 saturated heterocycles. The molecule has 0 fully saturated rings. The number of ether oxygens (including phenoxy) is 2. The van der Waals surface area contributed by atoms with Gasteiger partial charge in [-0.05, 0) is 37.5 Å². The minimum atomic E-state index is 0.362. The first-order valence-electron chi connectivity index (χ1n) is 7.14. The largest absolute Gasteiger partial charge is 0.493 e. The Labute approximate surface area is 117 Å². The van der Waals surface area contributed by atoms with Crippen molar-refractivity contribution in [2.24, 2.45) is 0 Å². The first-order chi connectivity index (χ1) is 9.15. The highest BCUT2D eigenvalue weighted by Gasteiger charge is 2.14. The maximum Gasteiger partial charge on any atom is 0.161 e.